The number of nitrogens with one attached hydrogen (secondary N) is 1. The molecule has 0 saturated carbocycles. The van der Waals surface area contributed by atoms with E-state index in [0.29, 0.717) is 26.2 Å². The van der Waals surface area contributed by atoms with Gasteiger partial charge in [0.05, 0.1) is 31.4 Å². The van der Waals surface area contributed by atoms with Gasteiger partial charge in [0.25, 0.3) is 0 Å². The third-order valence-electron chi connectivity index (χ3n) is 12.9. The van der Waals surface area contributed by atoms with E-state index >= 15 is 0 Å². The second kappa shape index (κ2) is 50.0. The zero-order chi connectivity index (χ0) is 48.4. The fourth-order valence-corrected chi connectivity index (χ4v) is 8.70. The molecule has 3 unspecified atom stereocenters. The Balaban J connectivity index is 2.60. The van der Waals surface area contributed by atoms with Crippen molar-refractivity contribution < 1.29 is 15.3 Å². The topological polar surface area (TPSA) is 91.6 Å². The molecule has 1 rings (SSSR count). The van der Waals surface area contributed by atoms with E-state index < -0.39 is 18.3 Å². The lowest BCUT2D eigenvalue weighted by atomic mass is 10.1. The fraction of sp³-hybridized carbons (Fsp3) is 0.783. The van der Waals surface area contributed by atoms with Crippen molar-refractivity contribution in [2.45, 2.75) is 270 Å². The first-order valence-corrected chi connectivity index (χ1v) is 28.8. The molecule has 0 aliphatic carbocycles. The number of aliphatic hydroxyl groups is 3. The van der Waals surface area contributed by atoms with Gasteiger partial charge in [0, 0.05) is 19.6 Å². The molecule has 67 heavy (non-hydrogen) atoms. The van der Waals surface area contributed by atoms with E-state index in [9.17, 15) is 15.3 Å². The molecule has 0 fully saturated rings. The van der Waals surface area contributed by atoms with E-state index in [2.05, 4.69) is 109 Å². The summed E-state index contributed by atoms with van der Waals surface area (Å²) in [7, 11) is 0. The Morgan fingerprint density at radius 3 is 1.01 bits per heavy atom. The summed E-state index contributed by atoms with van der Waals surface area (Å²) in [4.78, 5) is 4.78. The average Bonchev–Trinajstić information content (AvgIpc) is 3.87. The fourth-order valence-electron chi connectivity index (χ4n) is 8.70. The minimum absolute atomic E-state index is 0.413. The van der Waals surface area contributed by atoms with Gasteiger partial charge in [-0.2, -0.15) is 0 Å². The maximum Gasteiger partial charge on any atom is 0.209 e. The minimum Gasteiger partial charge on any atom is -0.392 e. The molecule has 7 heteroatoms. The smallest absolute Gasteiger partial charge is 0.209 e. The van der Waals surface area contributed by atoms with Gasteiger partial charge in [-0.1, -0.05) is 209 Å². The largest absolute Gasteiger partial charge is 0.392 e. The molecule has 3 atom stereocenters. The van der Waals surface area contributed by atoms with Gasteiger partial charge in [-0.3, -0.25) is 10.0 Å². The van der Waals surface area contributed by atoms with E-state index in [0.717, 1.165) is 109 Å². The molecular weight excluding hydrogens is 825 g/mol. The van der Waals surface area contributed by atoms with Gasteiger partial charge in [-0.25, -0.2) is 5.01 Å². The van der Waals surface area contributed by atoms with Crippen LogP contribution in [0.2, 0.25) is 0 Å². The van der Waals surface area contributed by atoms with Crippen LogP contribution in [0, 0.1) is 0 Å². The Bertz CT molecular complexity index is 1200. The maximum absolute atomic E-state index is 11.4. The van der Waals surface area contributed by atoms with Gasteiger partial charge in [0.1, 0.15) is 0 Å². The number of hydrazine groups is 1. The predicted molar refractivity (Wildman–Crippen MR) is 295 cm³/mol. The molecule has 4 N–H and O–H groups in total. The van der Waals surface area contributed by atoms with Crippen LogP contribution in [0.3, 0.4) is 0 Å². The first-order valence-electron chi connectivity index (χ1n) is 28.8. The SMILES string of the molecule is CCCCC/C=C\C/C=C\CCCCCCCC(O)CN(CC(O)CCCCCCC/C=C\C/C=C\CCCCC)N(CC(O)CCCCCCC/C=C\C/C=C\CCCCC)C1=NCCN1. The zero-order valence-corrected chi connectivity index (χ0v) is 44.3. The second-order valence-corrected chi connectivity index (χ2v) is 19.6. The number of guanidine groups is 1. The van der Waals surface area contributed by atoms with Crippen molar-refractivity contribution in [1.29, 1.82) is 0 Å². The van der Waals surface area contributed by atoms with Crippen LogP contribution >= 0.6 is 0 Å². The molecule has 0 aromatic heterocycles. The Morgan fingerprint density at radius 1 is 0.403 bits per heavy atom. The van der Waals surface area contributed by atoms with Crippen LogP contribution in [0.5, 0.6) is 0 Å². The maximum atomic E-state index is 11.4. The molecule has 0 bridgehead atoms. The third-order valence-corrected chi connectivity index (χ3v) is 12.9. The van der Waals surface area contributed by atoms with Crippen LogP contribution in [0.4, 0.5) is 0 Å². The van der Waals surface area contributed by atoms with Crippen molar-refractivity contribution >= 4 is 5.96 Å². The normalized spacial score (nSPS) is 14.9. The van der Waals surface area contributed by atoms with Crippen molar-refractivity contribution in [1.82, 2.24) is 15.3 Å². The number of allylic oxidation sites excluding steroid dienone is 12. The number of nitrogens with zero attached hydrogens (tertiary/aromatic N) is 3. The summed E-state index contributed by atoms with van der Waals surface area (Å²) in [6.45, 7) is 9.49. The molecular formula is C60H110N4O3. The molecule has 388 valence electrons. The van der Waals surface area contributed by atoms with Crippen LogP contribution in [-0.2, 0) is 0 Å². The zero-order valence-electron chi connectivity index (χ0n) is 44.3. The molecule has 0 radical (unpaired) electrons. The number of aliphatic hydroxyl groups excluding tert-OH is 3. The number of aliphatic imine (C=N–C) groups is 1. The van der Waals surface area contributed by atoms with Crippen molar-refractivity contribution in [2.75, 3.05) is 32.7 Å². The number of hydrogen-bond acceptors (Lipinski definition) is 7. The van der Waals surface area contributed by atoms with E-state index in [1.807, 2.05) is 0 Å². The van der Waals surface area contributed by atoms with E-state index in [4.69, 9.17) is 4.99 Å². The van der Waals surface area contributed by atoms with Gasteiger partial charge in [0.2, 0.25) is 5.96 Å². The Kier molecular flexibility index (Phi) is 46.6. The van der Waals surface area contributed by atoms with Crippen molar-refractivity contribution in [3.05, 3.63) is 72.9 Å². The lowest BCUT2D eigenvalue weighted by Crippen LogP contribution is -2.56. The summed E-state index contributed by atoms with van der Waals surface area (Å²) < 4.78 is 0. The highest BCUT2D eigenvalue weighted by molar-refractivity contribution is 5.81. The van der Waals surface area contributed by atoms with Gasteiger partial charge in [-0.15, -0.1) is 0 Å². The van der Waals surface area contributed by atoms with Crippen LogP contribution in [0.1, 0.15) is 252 Å². The van der Waals surface area contributed by atoms with Crippen LogP contribution < -0.4 is 5.32 Å². The minimum atomic E-state index is -0.511. The highest BCUT2D eigenvalue weighted by Crippen LogP contribution is 2.17. The molecule has 1 heterocycles. The summed E-state index contributed by atoms with van der Waals surface area (Å²) in [5.74, 6) is 0.757. The summed E-state index contributed by atoms with van der Waals surface area (Å²) >= 11 is 0. The van der Waals surface area contributed by atoms with E-state index in [1.54, 1.807) is 0 Å². The number of hydrogen-bond donors (Lipinski definition) is 4. The molecule has 0 amide bonds. The van der Waals surface area contributed by atoms with Gasteiger partial charge in [-0.05, 0) is 116 Å². The second-order valence-electron chi connectivity index (χ2n) is 19.6. The van der Waals surface area contributed by atoms with E-state index in [1.165, 1.54) is 135 Å². The quantitative estimate of drug-likeness (QED) is 0.0276. The van der Waals surface area contributed by atoms with Gasteiger partial charge in [0.15, 0.2) is 0 Å². The van der Waals surface area contributed by atoms with Crippen LogP contribution in [0.25, 0.3) is 0 Å². The highest BCUT2D eigenvalue weighted by Gasteiger charge is 2.28. The summed E-state index contributed by atoms with van der Waals surface area (Å²) in [5, 5.41) is 41.9. The molecule has 7 nitrogen and oxygen atoms in total. The summed E-state index contributed by atoms with van der Waals surface area (Å²) in [5.41, 5.74) is 0. The van der Waals surface area contributed by atoms with Crippen LogP contribution in [0.15, 0.2) is 77.9 Å². The van der Waals surface area contributed by atoms with Crippen LogP contribution in [-0.4, -0.2) is 82.3 Å². The number of unbranched alkanes of at least 4 members (excludes halogenated alkanes) is 24. The Labute approximate surface area is 415 Å². The van der Waals surface area contributed by atoms with Crippen molar-refractivity contribution in [3.63, 3.8) is 0 Å². The average molecular weight is 936 g/mol. The summed E-state index contributed by atoms with van der Waals surface area (Å²) in [6.07, 6.45) is 67.8. The lowest BCUT2D eigenvalue weighted by molar-refractivity contribution is -0.0541. The lowest BCUT2D eigenvalue weighted by Gasteiger charge is -2.39. The van der Waals surface area contributed by atoms with Crippen molar-refractivity contribution in [2.24, 2.45) is 4.99 Å². The highest BCUT2D eigenvalue weighted by atomic mass is 16.3. The molecule has 0 aromatic carbocycles. The Hall–Kier alpha value is -2.45. The van der Waals surface area contributed by atoms with E-state index in [-0.39, 0.29) is 0 Å². The molecule has 0 saturated heterocycles. The number of rotatable bonds is 49. The summed E-state index contributed by atoms with van der Waals surface area (Å²) in [6, 6.07) is 0. The van der Waals surface area contributed by atoms with Crippen molar-refractivity contribution in [3.8, 4) is 0 Å². The Morgan fingerprint density at radius 2 is 0.701 bits per heavy atom. The van der Waals surface area contributed by atoms with Gasteiger partial charge < -0.3 is 20.6 Å². The monoisotopic (exact) mass is 935 g/mol. The first-order chi connectivity index (χ1) is 33.0. The molecule has 0 spiro atoms. The first kappa shape index (κ1) is 62.6. The molecule has 0 aromatic rings. The third kappa shape index (κ3) is 42.2. The molecule has 1 aliphatic rings. The van der Waals surface area contributed by atoms with Gasteiger partial charge >= 0.3 is 0 Å². The predicted octanol–water partition coefficient (Wildman–Crippen LogP) is 16.0. The molecule has 1 aliphatic heterocycles. The standard InChI is InChI=1S/C60H110N4O3/c1-4-7-10-13-16-19-22-25-28-31-34-37-40-43-46-49-57(65)54-63(55-58(66)50-47-44-41-38-35-32-29-26-23-20-17-14-11-8-5-2)64(60-61-52-53-62-60)56-59(67)51-48-45-42-39-36-33-30-27-24-21-18-15-12-9-6-3/h16-21,25-30,57-59,65-67H,4-15,22-24,31-56H2,1-3H3,(H,61,62)/b19-16-,20-17-,21-18-,28-25-,29-26-,30-27-.